The molecule has 1 aromatic heterocycles. The van der Waals surface area contributed by atoms with E-state index in [1.54, 1.807) is 22.6 Å². The summed E-state index contributed by atoms with van der Waals surface area (Å²) in [7, 11) is 0. The monoisotopic (exact) mass is 323 g/mol. The summed E-state index contributed by atoms with van der Waals surface area (Å²) in [4.78, 5) is 3.29. The third-order valence-corrected chi connectivity index (χ3v) is 2.49. The second-order valence-corrected chi connectivity index (χ2v) is 4.23. The molecule has 0 saturated heterocycles. The van der Waals surface area contributed by atoms with Crippen LogP contribution in [0.1, 0.15) is 0 Å². The minimum atomic E-state index is -4.38. The summed E-state index contributed by atoms with van der Waals surface area (Å²) in [5.41, 5.74) is -4.38. The van der Waals surface area contributed by atoms with Crippen LogP contribution in [0.3, 0.4) is 0 Å². The fraction of sp³-hybridized carbons (Fsp3) is 0.167. The van der Waals surface area contributed by atoms with E-state index < -0.39 is 11.3 Å². The Morgan fingerprint density at radius 1 is 1.38 bits per heavy atom. The minimum Gasteiger partial charge on any atom is -0.247 e. The largest absolute Gasteiger partial charge is 0.447 e. The first kappa shape index (κ1) is 11.0. The molecule has 1 heterocycles. The molecule has 1 aromatic rings. The van der Waals surface area contributed by atoms with Crippen LogP contribution in [0.5, 0.6) is 0 Å². The van der Waals surface area contributed by atoms with Crippen LogP contribution in [-0.2, 0) is 0 Å². The summed E-state index contributed by atoms with van der Waals surface area (Å²) >= 11 is 1.25. The number of pyridine rings is 1. The quantitative estimate of drug-likeness (QED) is 0.446. The predicted octanol–water partition coefficient (Wildman–Crippen LogP) is 3.44. The van der Waals surface area contributed by atoms with Gasteiger partial charge in [-0.15, -0.1) is 0 Å². The molecule has 0 N–H and O–H groups in total. The molecule has 0 aliphatic rings. The number of hydrogen-bond acceptors (Lipinski definition) is 2. The molecular formula is C6H2F4INS. The molecule has 13 heavy (non-hydrogen) atoms. The number of thioether (sulfide) groups is 1. The van der Waals surface area contributed by atoms with Crippen molar-refractivity contribution >= 4 is 34.4 Å². The van der Waals surface area contributed by atoms with Crippen LogP contribution in [0.25, 0.3) is 0 Å². The lowest BCUT2D eigenvalue weighted by molar-refractivity contribution is -0.0329. The number of rotatable bonds is 1. The Kier molecular flexibility index (Phi) is 3.38. The summed E-state index contributed by atoms with van der Waals surface area (Å²) in [5.74, 6) is -0.618. The van der Waals surface area contributed by atoms with Gasteiger partial charge in [0.1, 0.15) is 5.03 Å². The molecule has 1 nitrogen and oxygen atoms in total. The molecule has 72 valence electrons. The van der Waals surface area contributed by atoms with Crippen LogP contribution in [0, 0.1) is 9.39 Å². The molecule has 1 rings (SSSR count). The first-order valence-electron chi connectivity index (χ1n) is 2.95. The van der Waals surface area contributed by atoms with Gasteiger partial charge in [-0.05, 0) is 28.7 Å². The molecule has 0 radical (unpaired) electrons. The van der Waals surface area contributed by atoms with Gasteiger partial charge in [-0.2, -0.15) is 13.2 Å². The third-order valence-electron chi connectivity index (χ3n) is 1.00. The van der Waals surface area contributed by atoms with Gasteiger partial charge in [0, 0.05) is 11.8 Å². The van der Waals surface area contributed by atoms with Crippen molar-refractivity contribution < 1.29 is 17.6 Å². The average molecular weight is 323 g/mol. The summed E-state index contributed by atoms with van der Waals surface area (Å²) in [6.07, 6.45) is 0.774. The fourth-order valence-electron chi connectivity index (χ4n) is 0.571. The van der Waals surface area contributed by atoms with E-state index in [1.807, 2.05) is 0 Å². The predicted molar refractivity (Wildman–Crippen MR) is 48.8 cm³/mol. The van der Waals surface area contributed by atoms with Gasteiger partial charge in [0.15, 0.2) is 5.82 Å². The maximum atomic E-state index is 12.6. The van der Waals surface area contributed by atoms with E-state index in [0.717, 1.165) is 12.3 Å². The number of alkyl halides is 3. The molecule has 0 aliphatic heterocycles. The van der Waals surface area contributed by atoms with Crippen molar-refractivity contribution in [3.63, 3.8) is 0 Å². The van der Waals surface area contributed by atoms with Crippen molar-refractivity contribution in [2.45, 2.75) is 10.5 Å². The van der Waals surface area contributed by atoms with Crippen LogP contribution in [0.4, 0.5) is 17.6 Å². The molecule has 0 aliphatic carbocycles. The van der Waals surface area contributed by atoms with Gasteiger partial charge >= 0.3 is 5.51 Å². The number of aromatic nitrogens is 1. The standard InChI is InChI=1S/C6H2F4INS/c7-3-2-12-5(1-4(3)11)13-6(8,9)10/h1-2H. The third kappa shape index (κ3) is 3.67. The Hall–Kier alpha value is -0.0500. The van der Waals surface area contributed by atoms with Crippen molar-refractivity contribution in [2.75, 3.05) is 0 Å². The molecule has 0 amide bonds. The van der Waals surface area contributed by atoms with Crippen molar-refractivity contribution in [3.05, 3.63) is 21.7 Å². The second kappa shape index (κ2) is 3.99. The van der Waals surface area contributed by atoms with Gasteiger partial charge < -0.3 is 0 Å². The molecule has 0 aromatic carbocycles. The van der Waals surface area contributed by atoms with E-state index in [2.05, 4.69) is 4.98 Å². The van der Waals surface area contributed by atoms with Gasteiger partial charge in [-0.1, -0.05) is 0 Å². The highest BCUT2D eigenvalue weighted by molar-refractivity contribution is 14.1. The topological polar surface area (TPSA) is 12.9 Å². The number of nitrogens with zero attached hydrogens (tertiary/aromatic N) is 1. The van der Waals surface area contributed by atoms with Crippen molar-refractivity contribution in [1.29, 1.82) is 0 Å². The normalized spacial score (nSPS) is 11.8. The maximum Gasteiger partial charge on any atom is 0.447 e. The van der Waals surface area contributed by atoms with E-state index in [9.17, 15) is 17.6 Å². The highest BCUT2D eigenvalue weighted by atomic mass is 127. The van der Waals surface area contributed by atoms with Crippen LogP contribution in [0.2, 0.25) is 0 Å². The van der Waals surface area contributed by atoms with Crippen molar-refractivity contribution in [2.24, 2.45) is 0 Å². The van der Waals surface area contributed by atoms with E-state index in [1.165, 1.54) is 0 Å². The van der Waals surface area contributed by atoms with Gasteiger partial charge in [0.05, 0.1) is 9.77 Å². The lowest BCUT2D eigenvalue weighted by Crippen LogP contribution is -2.00. The lowest BCUT2D eigenvalue weighted by Gasteiger charge is -2.04. The van der Waals surface area contributed by atoms with Crippen molar-refractivity contribution in [1.82, 2.24) is 4.98 Å². The van der Waals surface area contributed by atoms with E-state index in [0.29, 0.717) is 0 Å². The summed E-state index contributed by atoms with van der Waals surface area (Å²) in [6, 6.07) is 1.05. The Labute approximate surface area is 89.1 Å². The molecular weight excluding hydrogens is 321 g/mol. The maximum absolute atomic E-state index is 12.6. The summed E-state index contributed by atoms with van der Waals surface area (Å²) < 4.78 is 48.1. The molecule has 7 heteroatoms. The van der Waals surface area contributed by atoms with Crippen LogP contribution in [0.15, 0.2) is 17.3 Å². The highest BCUT2D eigenvalue weighted by Crippen LogP contribution is 2.36. The first-order valence-corrected chi connectivity index (χ1v) is 4.85. The SMILES string of the molecule is Fc1cnc(SC(F)(F)F)cc1I. The molecule has 0 saturated carbocycles. The number of halogens is 5. The van der Waals surface area contributed by atoms with Gasteiger partial charge in [-0.3, -0.25) is 0 Å². The van der Waals surface area contributed by atoms with Gasteiger partial charge in [0.25, 0.3) is 0 Å². The van der Waals surface area contributed by atoms with E-state index in [-0.39, 0.29) is 20.4 Å². The Balaban J connectivity index is 2.86. The molecule has 0 unspecified atom stereocenters. The average Bonchev–Trinajstić information content (AvgIpc) is 1.94. The van der Waals surface area contributed by atoms with E-state index in [4.69, 9.17) is 0 Å². The number of hydrogen-bond donors (Lipinski definition) is 0. The zero-order valence-electron chi connectivity index (χ0n) is 5.90. The second-order valence-electron chi connectivity index (χ2n) is 1.98. The van der Waals surface area contributed by atoms with E-state index >= 15 is 0 Å². The van der Waals surface area contributed by atoms with Crippen LogP contribution >= 0.6 is 34.4 Å². The fourth-order valence-corrected chi connectivity index (χ4v) is 1.74. The first-order chi connectivity index (χ1) is 5.88. The van der Waals surface area contributed by atoms with Gasteiger partial charge in [-0.25, -0.2) is 9.37 Å². The Morgan fingerprint density at radius 2 is 2.00 bits per heavy atom. The van der Waals surface area contributed by atoms with Crippen LogP contribution in [-0.4, -0.2) is 10.5 Å². The lowest BCUT2D eigenvalue weighted by atomic mass is 10.5. The Bertz CT molecular complexity index is 314. The highest BCUT2D eigenvalue weighted by Gasteiger charge is 2.30. The molecule has 0 spiro atoms. The molecule has 0 atom stereocenters. The Morgan fingerprint density at radius 3 is 2.46 bits per heavy atom. The molecule has 0 fully saturated rings. The zero-order chi connectivity index (χ0) is 10.1. The van der Waals surface area contributed by atoms with Crippen molar-refractivity contribution in [3.8, 4) is 0 Å². The summed E-state index contributed by atoms with van der Waals surface area (Å²) in [5, 5.41) is -0.252. The minimum absolute atomic E-state index is 0.124. The smallest absolute Gasteiger partial charge is 0.247 e. The molecule has 0 bridgehead atoms. The summed E-state index contributed by atoms with van der Waals surface area (Å²) in [6.45, 7) is 0. The van der Waals surface area contributed by atoms with Crippen LogP contribution < -0.4 is 0 Å². The zero-order valence-corrected chi connectivity index (χ0v) is 8.87. The van der Waals surface area contributed by atoms with Gasteiger partial charge in [0.2, 0.25) is 0 Å².